The summed E-state index contributed by atoms with van der Waals surface area (Å²) in [4.78, 5) is 2.60. The summed E-state index contributed by atoms with van der Waals surface area (Å²) in [5, 5.41) is 0. The second kappa shape index (κ2) is 10.9. The Hall–Kier alpha value is 0.0569. The van der Waals surface area contributed by atoms with Crippen LogP contribution in [0.25, 0.3) is 0 Å². The molecule has 24 heavy (non-hydrogen) atoms. The van der Waals surface area contributed by atoms with Gasteiger partial charge in [0.15, 0.2) is 0 Å². The van der Waals surface area contributed by atoms with Gasteiger partial charge in [-0.05, 0) is 64.3 Å². The Morgan fingerprint density at radius 3 is 2.00 bits per heavy atom. The Morgan fingerprint density at radius 1 is 1.00 bits per heavy atom. The van der Waals surface area contributed by atoms with Gasteiger partial charge in [0, 0.05) is 26.3 Å². The predicted octanol–water partition coefficient (Wildman–Crippen LogP) is 2.67. The van der Waals surface area contributed by atoms with Crippen molar-refractivity contribution in [3.05, 3.63) is 0 Å². The van der Waals surface area contributed by atoms with Crippen LogP contribution in [-0.4, -0.2) is 66.0 Å². The molecule has 0 N–H and O–H groups in total. The van der Waals surface area contributed by atoms with E-state index in [-0.39, 0.29) is 5.60 Å². The highest BCUT2D eigenvalue weighted by atomic mass is 28.2. The van der Waals surface area contributed by atoms with Crippen molar-refractivity contribution in [3.8, 4) is 0 Å². The fraction of sp³-hybridized carbons (Fsp3) is 1.00. The van der Waals surface area contributed by atoms with Crippen LogP contribution < -0.4 is 0 Å². The molecule has 2 unspecified atom stereocenters. The van der Waals surface area contributed by atoms with E-state index in [4.69, 9.17) is 13.9 Å². The van der Waals surface area contributed by atoms with Crippen molar-refractivity contribution in [2.24, 2.45) is 0 Å². The van der Waals surface area contributed by atoms with Crippen LogP contribution in [0.4, 0.5) is 0 Å². The molecule has 2 rings (SSSR count). The molecule has 2 fully saturated rings. The first-order valence-electron chi connectivity index (χ1n) is 10.2. The van der Waals surface area contributed by atoms with Crippen molar-refractivity contribution in [2.75, 3.05) is 32.8 Å². The third kappa shape index (κ3) is 6.41. The van der Waals surface area contributed by atoms with Gasteiger partial charge in [-0.2, -0.15) is 0 Å². The summed E-state index contributed by atoms with van der Waals surface area (Å²) in [5.41, 5.74) is 0.153. The van der Waals surface area contributed by atoms with Crippen LogP contribution in [0.15, 0.2) is 0 Å². The van der Waals surface area contributed by atoms with Crippen molar-refractivity contribution in [2.45, 2.75) is 89.4 Å². The maximum Gasteiger partial charge on any atom is 0.146 e. The third-order valence-corrected chi connectivity index (χ3v) is 6.92. The summed E-state index contributed by atoms with van der Waals surface area (Å²) in [7, 11) is 0.848. The van der Waals surface area contributed by atoms with Gasteiger partial charge in [0.1, 0.15) is 10.5 Å². The number of hydrogen-bond acceptors (Lipinski definition) is 4. The van der Waals surface area contributed by atoms with E-state index >= 15 is 0 Å². The van der Waals surface area contributed by atoms with Crippen molar-refractivity contribution in [1.82, 2.24) is 4.90 Å². The molecular weight excluding hydrogens is 318 g/mol. The number of rotatable bonds is 12. The van der Waals surface area contributed by atoms with Gasteiger partial charge in [-0.1, -0.05) is 13.8 Å². The zero-order valence-corrected chi connectivity index (χ0v) is 18.2. The molecule has 0 aromatic carbocycles. The van der Waals surface area contributed by atoms with E-state index in [1.165, 1.54) is 51.5 Å². The largest absolute Gasteiger partial charge is 0.422 e. The molecule has 2 aliphatic rings. The molecule has 0 radical (unpaired) electrons. The molecule has 2 saturated heterocycles. The predicted molar refractivity (Wildman–Crippen MR) is 103 cm³/mol. The van der Waals surface area contributed by atoms with Crippen LogP contribution in [0.1, 0.15) is 71.6 Å². The minimum Gasteiger partial charge on any atom is -0.422 e. The van der Waals surface area contributed by atoms with Crippen LogP contribution >= 0.6 is 0 Å². The first-order valence-corrected chi connectivity index (χ1v) is 11.0. The lowest BCUT2D eigenvalue weighted by molar-refractivity contribution is 0.0337. The summed E-state index contributed by atoms with van der Waals surface area (Å²) in [6.45, 7) is 9.78. The molecule has 0 amide bonds. The molecule has 0 aliphatic carbocycles. The van der Waals surface area contributed by atoms with Gasteiger partial charge in [0.2, 0.25) is 0 Å². The van der Waals surface area contributed by atoms with Crippen molar-refractivity contribution in [1.29, 1.82) is 0 Å². The number of ether oxygens (including phenoxy) is 2. The van der Waals surface area contributed by atoms with Crippen LogP contribution in [0.5, 0.6) is 0 Å². The van der Waals surface area contributed by atoms with Gasteiger partial charge in [0.25, 0.3) is 0 Å². The minimum atomic E-state index is 0.153. The quantitative estimate of drug-likeness (QED) is 0.397. The Labute approximate surface area is 152 Å². The van der Waals surface area contributed by atoms with E-state index in [0.717, 1.165) is 49.6 Å². The fourth-order valence-corrected chi connectivity index (χ4v) is 4.97. The maximum absolute atomic E-state index is 5.94. The van der Waals surface area contributed by atoms with E-state index in [0.29, 0.717) is 12.2 Å². The van der Waals surface area contributed by atoms with Gasteiger partial charge in [-0.15, -0.1) is 0 Å². The van der Waals surface area contributed by atoms with Gasteiger partial charge in [-0.25, -0.2) is 0 Å². The Morgan fingerprint density at radius 2 is 1.58 bits per heavy atom. The van der Waals surface area contributed by atoms with Crippen LogP contribution in [0.2, 0.25) is 0 Å². The molecule has 0 bridgehead atoms. The van der Waals surface area contributed by atoms with Crippen LogP contribution in [-0.2, 0) is 13.9 Å². The van der Waals surface area contributed by atoms with E-state index in [1.54, 1.807) is 0 Å². The van der Waals surface area contributed by atoms with E-state index in [1.807, 2.05) is 0 Å². The molecule has 0 aromatic heterocycles. The molecule has 2 atom stereocenters. The summed E-state index contributed by atoms with van der Waals surface area (Å²) in [6.07, 6.45) is 11.8. The number of nitrogens with zero attached hydrogens (tertiary/aromatic N) is 1. The zero-order chi connectivity index (χ0) is 17.3. The van der Waals surface area contributed by atoms with Gasteiger partial charge in [0.05, 0.1) is 17.8 Å². The smallest absolute Gasteiger partial charge is 0.146 e. The standard InChI is InChI=1S/C19H39NO3Si/c1-3-19(4-2,23-24)11-5-6-12-20(15-17-9-7-13-21-17)16-18-10-8-14-22-18/h17-18H,3-16H2,1-2,24H3. The lowest BCUT2D eigenvalue weighted by Crippen LogP contribution is -2.38. The van der Waals surface area contributed by atoms with Crippen molar-refractivity contribution in [3.63, 3.8) is 0 Å². The Kier molecular flexibility index (Phi) is 9.26. The fourth-order valence-electron chi connectivity index (χ4n) is 4.19. The molecule has 5 heteroatoms. The molecule has 2 heterocycles. The zero-order valence-electron chi connectivity index (χ0n) is 16.2. The van der Waals surface area contributed by atoms with Crippen LogP contribution in [0, 0.1) is 0 Å². The molecule has 0 aromatic rings. The van der Waals surface area contributed by atoms with E-state index < -0.39 is 0 Å². The summed E-state index contributed by atoms with van der Waals surface area (Å²) >= 11 is 0. The summed E-state index contributed by atoms with van der Waals surface area (Å²) in [5.74, 6) is 0. The average Bonchev–Trinajstić information content (AvgIpc) is 3.29. The van der Waals surface area contributed by atoms with Gasteiger partial charge < -0.3 is 13.9 Å². The lowest BCUT2D eigenvalue weighted by Gasteiger charge is -2.32. The van der Waals surface area contributed by atoms with Crippen molar-refractivity contribution < 1.29 is 13.9 Å². The molecular formula is C19H39NO3Si. The first kappa shape index (κ1) is 20.4. The van der Waals surface area contributed by atoms with Crippen molar-refractivity contribution >= 4 is 10.5 Å². The second-order valence-corrected chi connectivity index (χ2v) is 7.99. The Balaban J connectivity index is 1.74. The number of hydrogen-bond donors (Lipinski definition) is 0. The monoisotopic (exact) mass is 357 g/mol. The topological polar surface area (TPSA) is 30.9 Å². The van der Waals surface area contributed by atoms with Gasteiger partial charge in [-0.3, -0.25) is 4.90 Å². The average molecular weight is 358 g/mol. The lowest BCUT2D eigenvalue weighted by atomic mass is 9.91. The highest BCUT2D eigenvalue weighted by molar-refractivity contribution is 5.98. The number of unbranched alkanes of at least 4 members (excludes halogenated alkanes) is 1. The normalized spacial score (nSPS) is 25.1. The molecule has 142 valence electrons. The second-order valence-electron chi connectivity index (χ2n) is 7.58. The Bertz CT molecular complexity index is 300. The van der Waals surface area contributed by atoms with E-state index in [9.17, 15) is 0 Å². The molecule has 2 aliphatic heterocycles. The molecule has 0 spiro atoms. The summed E-state index contributed by atoms with van der Waals surface area (Å²) in [6, 6.07) is 0. The van der Waals surface area contributed by atoms with Gasteiger partial charge >= 0.3 is 0 Å². The maximum atomic E-state index is 5.94. The first-order chi connectivity index (χ1) is 11.7. The van der Waals surface area contributed by atoms with Crippen LogP contribution in [0.3, 0.4) is 0 Å². The highest BCUT2D eigenvalue weighted by Crippen LogP contribution is 2.26. The molecule has 4 nitrogen and oxygen atoms in total. The highest BCUT2D eigenvalue weighted by Gasteiger charge is 2.26. The summed E-state index contributed by atoms with van der Waals surface area (Å²) < 4.78 is 17.7. The molecule has 0 saturated carbocycles. The minimum absolute atomic E-state index is 0.153. The SMILES string of the molecule is CCC(CC)(CCCCN(CC1CCCO1)CC1CCCO1)O[SiH3]. The van der Waals surface area contributed by atoms with E-state index in [2.05, 4.69) is 18.7 Å². The third-order valence-electron chi connectivity index (χ3n) is 6.05.